The molecule has 0 spiro atoms. The van der Waals surface area contributed by atoms with Gasteiger partial charge in [0.15, 0.2) is 0 Å². The molecule has 2 nitrogen and oxygen atoms in total. The van der Waals surface area contributed by atoms with Gasteiger partial charge in [0.2, 0.25) is 0 Å². The van der Waals surface area contributed by atoms with Crippen molar-refractivity contribution in [2.75, 3.05) is 5.75 Å². The van der Waals surface area contributed by atoms with Crippen LogP contribution in [0.3, 0.4) is 0 Å². The van der Waals surface area contributed by atoms with Crippen molar-refractivity contribution in [2.24, 2.45) is 0 Å². The summed E-state index contributed by atoms with van der Waals surface area (Å²) in [4.78, 5) is 0. The largest absolute Gasteiger partial charge is 0.772 e. The van der Waals surface area contributed by atoms with Crippen molar-refractivity contribution in [1.82, 2.24) is 0 Å². The van der Waals surface area contributed by atoms with Crippen LogP contribution in [0, 0.1) is 6.92 Å². The van der Waals surface area contributed by atoms with E-state index in [0.29, 0.717) is 5.57 Å². The smallest absolute Gasteiger partial charge is 0.108 e. The molecule has 0 fully saturated rings. The summed E-state index contributed by atoms with van der Waals surface area (Å²) in [5.41, 5.74) is 0.424. The molecule has 0 saturated carbocycles. The molecular formula is C4H6O2S. The summed E-state index contributed by atoms with van der Waals surface area (Å²) < 4.78 is 19.4. The second-order valence-corrected chi connectivity index (χ2v) is 2.09. The van der Waals surface area contributed by atoms with E-state index in [1.54, 1.807) is 0 Å². The normalized spacial score (nSPS) is 13.3. The van der Waals surface area contributed by atoms with Crippen molar-refractivity contribution >= 4 is 11.1 Å². The van der Waals surface area contributed by atoms with Gasteiger partial charge >= 0.3 is 0 Å². The molecule has 0 aliphatic carbocycles. The summed E-state index contributed by atoms with van der Waals surface area (Å²) in [7, 11) is 0. The second-order valence-electron chi connectivity index (χ2n) is 1.20. The summed E-state index contributed by atoms with van der Waals surface area (Å²) in [6.45, 7) is 6.58. The third kappa shape index (κ3) is 5.72. The topological polar surface area (TPSA) is 40.1 Å². The van der Waals surface area contributed by atoms with Crippen LogP contribution >= 0.6 is 0 Å². The Balaban J connectivity index is 3.32. The SMILES string of the molecule is C=C([CH2+])CS(=O)[O-]. The lowest BCUT2D eigenvalue weighted by Gasteiger charge is -1.96. The minimum Gasteiger partial charge on any atom is -0.772 e. The van der Waals surface area contributed by atoms with E-state index in [2.05, 4.69) is 13.5 Å². The van der Waals surface area contributed by atoms with Crippen molar-refractivity contribution in [3.05, 3.63) is 19.1 Å². The monoisotopic (exact) mass is 118 g/mol. The van der Waals surface area contributed by atoms with Gasteiger partial charge in [-0.15, -0.1) is 0 Å². The van der Waals surface area contributed by atoms with Gasteiger partial charge in [0.05, 0.1) is 5.75 Å². The van der Waals surface area contributed by atoms with Crippen molar-refractivity contribution in [1.29, 1.82) is 0 Å². The van der Waals surface area contributed by atoms with Gasteiger partial charge in [-0.05, 0) is 11.1 Å². The minimum absolute atomic E-state index is 0.0278. The van der Waals surface area contributed by atoms with E-state index < -0.39 is 11.1 Å². The zero-order valence-corrected chi connectivity index (χ0v) is 4.66. The van der Waals surface area contributed by atoms with Crippen LogP contribution in [0.25, 0.3) is 0 Å². The molecule has 0 aliphatic rings. The van der Waals surface area contributed by atoms with Crippen LogP contribution < -0.4 is 0 Å². The molecule has 0 heterocycles. The van der Waals surface area contributed by atoms with Crippen LogP contribution in [0.1, 0.15) is 0 Å². The highest BCUT2D eigenvalue weighted by molar-refractivity contribution is 7.79. The molecule has 1 atom stereocenters. The first kappa shape index (κ1) is 6.72. The standard InChI is InChI=1S/C4H6O2S/c1-4(2)3-7(5)6/h1-3H2. The van der Waals surface area contributed by atoms with Crippen LogP contribution in [0.15, 0.2) is 12.2 Å². The first-order valence-electron chi connectivity index (χ1n) is 1.68. The highest BCUT2D eigenvalue weighted by atomic mass is 32.2. The van der Waals surface area contributed by atoms with E-state index in [9.17, 15) is 8.76 Å². The molecule has 0 saturated heterocycles. The maximum Gasteiger partial charge on any atom is 0.108 e. The lowest BCUT2D eigenvalue weighted by Crippen LogP contribution is -1.94. The summed E-state index contributed by atoms with van der Waals surface area (Å²) in [5.74, 6) is -0.0278. The second kappa shape index (κ2) is 2.82. The van der Waals surface area contributed by atoms with Crippen LogP contribution in [-0.2, 0) is 11.1 Å². The van der Waals surface area contributed by atoms with Gasteiger partial charge in [-0.1, -0.05) is 0 Å². The zero-order chi connectivity index (χ0) is 5.86. The van der Waals surface area contributed by atoms with Gasteiger partial charge in [-0.3, -0.25) is 4.21 Å². The Labute approximate surface area is 45.5 Å². The molecule has 0 aromatic carbocycles. The highest BCUT2D eigenvalue weighted by Crippen LogP contribution is 1.85. The maximum absolute atomic E-state index is 9.71. The first-order valence-corrected chi connectivity index (χ1v) is 2.93. The van der Waals surface area contributed by atoms with Crippen molar-refractivity contribution in [3.63, 3.8) is 0 Å². The van der Waals surface area contributed by atoms with Crippen molar-refractivity contribution < 1.29 is 8.76 Å². The lowest BCUT2D eigenvalue weighted by molar-refractivity contribution is 0.539. The van der Waals surface area contributed by atoms with Gasteiger partial charge in [0.1, 0.15) is 5.57 Å². The zero-order valence-electron chi connectivity index (χ0n) is 3.85. The minimum atomic E-state index is -2.01. The van der Waals surface area contributed by atoms with Crippen LogP contribution in [0.4, 0.5) is 0 Å². The Kier molecular flexibility index (Phi) is 2.71. The van der Waals surface area contributed by atoms with E-state index in [1.165, 1.54) is 0 Å². The Hall–Kier alpha value is -0.280. The summed E-state index contributed by atoms with van der Waals surface area (Å²) in [6.07, 6.45) is 0. The van der Waals surface area contributed by atoms with Gasteiger partial charge < -0.3 is 4.55 Å². The Morgan fingerprint density at radius 2 is 2.43 bits per heavy atom. The predicted octanol–water partition coefficient (Wildman–Crippen LogP) is 0.256. The summed E-state index contributed by atoms with van der Waals surface area (Å²) >= 11 is -2.01. The average molecular weight is 118 g/mol. The van der Waals surface area contributed by atoms with Crippen LogP contribution in [0.2, 0.25) is 0 Å². The number of rotatable bonds is 2. The Bertz CT molecular complexity index is 85.9. The van der Waals surface area contributed by atoms with Crippen LogP contribution in [0.5, 0.6) is 0 Å². The van der Waals surface area contributed by atoms with Crippen LogP contribution in [-0.4, -0.2) is 14.5 Å². The molecule has 40 valence electrons. The Morgan fingerprint density at radius 3 is 2.43 bits per heavy atom. The van der Waals surface area contributed by atoms with E-state index in [-0.39, 0.29) is 5.75 Å². The fraction of sp³-hybridized carbons (Fsp3) is 0.250. The molecule has 0 radical (unpaired) electrons. The van der Waals surface area contributed by atoms with E-state index in [0.717, 1.165) is 0 Å². The van der Waals surface area contributed by atoms with E-state index in [1.807, 2.05) is 0 Å². The highest BCUT2D eigenvalue weighted by Gasteiger charge is 1.88. The maximum atomic E-state index is 9.71. The van der Waals surface area contributed by atoms with Gasteiger partial charge in [0, 0.05) is 13.5 Å². The Morgan fingerprint density at radius 1 is 2.00 bits per heavy atom. The molecule has 0 N–H and O–H groups in total. The molecule has 1 unspecified atom stereocenters. The molecule has 7 heavy (non-hydrogen) atoms. The molecule has 0 aromatic heterocycles. The molecule has 0 bridgehead atoms. The molecular weight excluding hydrogens is 112 g/mol. The van der Waals surface area contributed by atoms with E-state index >= 15 is 0 Å². The average Bonchev–Trinajstić information content (AvgIpc) is 1.27. The molecule has 0 aromatic rings. The number of hydrogen-bond acceptors (Lipinski definition) is 2. The first-order chi connectivity index (χ1) is 3.13. The summed E-state index contributed by atoms with van der Waals surface area (Å²) in [5, 5.41) is 0. The third-order valence-electron chi connectivity index (χ3n) is 0.322. The fourth-order valence-corrected chi connectivity index (χ4v) is 0.500. The molecule has 0 rings (SSSR count). The molecule has 0 amide bonds. The number of hydrogen-bond donors (Lipinski definition) is 0. The third-order valence-corrected chi connectivity index (χ3v) is 0.966. The van der Waals surface area contributed by atoms with Gasteiger partial charge in [-0.25, -0.2) is 0 Å². The van der Waals surface area contributed by atoms with Crippen molar-refractivity contribution in [3.8, 4) is 0 Å². The van der Waals surface area contributed by atoms with E-state index in [4.69, 9.17) is 0 Å². The predicted molar refractivity (Wildman–Crippen MR) is 28.3 cm³/mol. The van der Waals surface area contributed by atoms with Gasteiger partial charge in [0.25, 0.3) is 0 Å². The molecule has 3 heteroatoms. The summed E-state index contributed by atoms with van der Waals surface area (Å²) in [6, 6.07) is 0. The fourth-order valence-electron chi connectivity index (χ4n) is 0.167. The van der Waals surface area contributed by atoms with Crippen molar-refractivity contribution in [2.45, 2.75) is 0 Å². The quantitative estimate of drug-likeness (QED) is 0.385. The lowest BCUT2D eigenvalue weighted by atomic mass is 10.4. The molecule has 0 aliphatic heterocycles. The van der Waals surface area contributed by atoms with Gasteiger partial charge in [-0.2, -0.15) is 0 Å².